The predicted molar refractivity (Wildman–Crippen MR) is 148 cm³/mol. The maximum atomic E-state index is 13.4. The van der Waals surface area contributed by atoms with Gasteiger partial charge in [0, 0.05) is 30.9 Å². The number of nitrogens with two attached hydrogens (primary N) is 1. The van der Waals surface area contributed by atoms with Crippen molar-refractivity contribution in [2.45, 2.75) is 44.7 Å². The van der Waals surface area contributed by atoms with E-state index in [0.717, 1.165) is 28.4 Å². The van der Waals surface area contributed by atoms with Crippen molar-refractivity contribution >= 4 is 34.4 Å². The second-order valence-corrected chi connectivity index (χ2v) is 9.70. The third-order valence-corrected chi connectivity index (χ3v) is 6.76. The molecule has 188 valence electrons. The van der Waals surface area contributed by atoms with Crippen molar-refractivity contribution in [2.24, 2.45) is 5.73 Å². The van der Waals surface area contributed by atoms with Gasteiger partial charge in [-0.1, -0.05) is 68.4 Å². The van der Waals surface area contributed by atoms with Crippen LogP contribution in [-0.2, 0) is 9.59 Å². The van der Waals surface area contributed by atoms with E-state index in [1.165, 1.54) is 5.56 Å². The van der Waals surface area contributed by atoms with Gasteiger partial charge in [-0.3, -0.25) is 9.59 Å². The summed E-state index contributed by atoms with van der Waals surface area (Å²) in [6, 6.07) is 22.1. The average molecular weight is 485 g/mol. The third-order valence-electron chi connectivity index (χ3n) is 6.76. The molecule has 0 radical (unpaired) electrons. The first-order chi connectivity index (χ1) is 17.4. The maximum Gasteiger partial charge on any atom is 0.244 e. The van der Waals surface area contributed by atoms with Crippen molar-refractivity contribution < 1.29 is 9.59 Å². The number of amides is 2. The highest BCUT2D eigenvalue weighted by Crippen LogP contribution is 2.25. The highest BCUT2D eigenvalue weighted by atomic mass is 16.2. The summed E-state index contributed by atoms with van der Waals surface area (Å²) in [5.41, 5.74) is 8.98. The fourth-order valence-electron chi connectivity index (χ4n) is 4.60. The number of anilines is 1. The number of carbonyl (C=O) groups excluding carboxylic acids is 2. The van der Waals surface area contributed by atoms with Crippen molar-refractivity contribution in [2.75, 3.05) is 24.5 Å². The van der Waals surface area contributed by atoms with Crippen LogP contribution in [0.25, 0.3) is 16.8 Å². The lowest BCUT2D eigenvalue weighted by Gasteiger charge is -2.25. The van der Waals surface area contributed by atoms with Crippen molar-refractivity contribution in [3.05, 3.63) is 83.9 Å². The molecule has 6 heteroatoms. The lowest BCUT2D eigenvalue weighted by Crippen LogP contribution is -2.49. The number of nitrogens with zero attached hydrogens (tertiary/aromatic N) is 1. The molecule has 1 heterocycles. The molecule has 0 saturated carbocycles. The number of benzene rings is 3. The number of hydrogen-bond donors (Lipinski definition) is 3. The summed E-state index contributed by atoms with van der Waals surface area (Å²) in [6.07, 6.45) is 4.65. The maximum absolute atomic E-state index is 13.4. The molecule has 0 bridgehead atoms. The van der Waals surface area contributed by atoms with Gasteiger partial charge in [-0.2, -0.15) is 0 Å². The van der Waals surface area contributed by atoms with Gasteiger partial charge < -0.3 is 21.3 Å². The molecule has 0 spiro atoms. The highest BCUT2D eigenvalue weighted by Gasteiger charge is 2.31. The molecule has 6 nitrogen and oxygen atoms in total. The summed E-state index contributed by atoms with van der Waals surface area (Å²) in [7, 11) is 0. The molecule has 1 aliphatic heterocycles. The quantitative estimate of drug-likeness (QED) is 0.418. The fourth-order valence-corrected chi connectivity index (χ4v) is 4.60. The molecule has 4 rings (SSSR count). The molecule has 1 aliphatic rings. The fraction of sp³-hybridized carbons (Fsp3) is 0.333. The molecule has 0 aliphatic carbocycles. The van der Waals surface area contributed by atoms with Crippen LogP contribution < -0.4 is 21.3 Å². The van der Waals surface area contributed by atoms with Gasteiger partial charge in [0.15, 0.2) is 0 Å². The minimum absolute atomic E-state index is 0.0225. The highest BCUT2D eigenvalue weighted by molar-refractivity contribution is 5.99. The Balaban J connectivity index is 1.39. The zero-order chi connectivity index (χ0) is 25.5. The Morgan fingerprint density at radius 2 is 1.86 bits per heavy atom. The molecule has 3 aromatic carbocycles. The number of nitrogens with one attached hydrogen (secondary N) is 2. The summed E-state index contributed by atoms with van der Waals surface area (Å²) in [4.78, 5) is 27.7. The number of fused-ring (bicyclic) bond motifs is 1. The SMILES string of the molecule is CC(C)c1ccc(/C=C/C(=O)NC[C@H]2CCN(c3ccc4ccccc4c3)C(=O)[C@@H](CCN)N2)cc1. The Morgan fingerprint density at radius 1 is 1.11 bits per heavy atom. The van der Waals surface area contributed by atoms with Crippen molar-refractivity contribution in [1.82, 2.24) is 10.6 Å². The van der Waals surface area contributed by atoms with E-state index in [1.807, 2.05) is 41.3 Å². The van der Waals surface area contributed by atoms with Gasteiger partial charge in [-0.15, -0.1) is 0 Å². The molecule has 3 aromatic rings. The lowest BCUT2D eigenvalue weighted by atomic mass is 10.0. The Kier molecular flexibility index (Phi) is 8.52. The van der Waals surface area contributed by atoms with Gasteiger partial charge in [-0.25, -0.2) is 0 Å². The monoisotopic (exact) mass is 484 g/mol. The third kappa shape index (κ3) is 6.39. The van der Waals surface area contributed by atoms with Crippen LogP contribution >= 0.6 is 0 Å². The topological polar surface area (TPSA) is 87.5 Å². The van der Waals surface area contributed by atoms with Gasteiger partial charge in [-0.05, 0) is 65.4 Å². The lowest BCUT2D eigenvalue weighted by molar-refractivity contribution is -0.120. The molecule has 0 unspecified atom stereocenters. The normalized spacial score (nSPS) is 18.7. The van der Waals surface area contributed by atoms with E-state index in [4.69, 9.17) is 5.73 Å². The molecular weight excluding hydrogens is 448 g/mol. The summed E-state index contributed by atoms with van der Waals surface area (Å²) in [5, 5.41) is 8.67. The minimum Gasteiger partial charge on any atom is -0.351 e. The molecule has 1 fully saturated rings. The summed E-state index contributed by atoms with van der Waals surface area (Å²) < 4.78 is 0. The molecule has 0 aromatic heterocycles. The summed E-state index contributed by atoms with van der Waals surface area (Å²) in [6.45, 7) is 5.74. The molecule has 1 saturated heterocycles. The van der Waals surface area contributed by atoms with Crippen LogP contribution in [0.4, 0.5) is 5.69 Å². The van der Waals surface area contributed by atoms with E-state index >= 15 is 0 Å². The second-order valence-electron chi connectivity index (χ2n) is 9.70. The molecular formula is C30H36N4O2. The van der Waals surface area contributed by atoms with Crippen molar-refractivity contribution in [1.29, 1.82) is 0 Å². The number of rotatable bonds is 8. The summed E-state index contributed by atoms with van der Waals surface area (Å²) in [5.74, 6) is 0.349. The predicted octanol–water partition coefficient (Wildman–Crippen LogP) is 4.21. The van der Waals surface area contributed by atoms with E-state index in [0.29, 0.717) is 32.0 Å². The smallest absolute Gasteiger partial charge is 0.244 e. The van der Waals surface area contributed by atoms with E-state index in [-0.39, 0.29) is 23.9 Å². The minimum atomic E-state index is -0.388. The molecule has 4 N–H and O–H groups in total. The zero-order valence-corrected chi connectivity index (χ0v) is 21.1. The number of hydrogen-bond acceptors (Lipinski definition) is 4. The van der Waals surface area contributed by atoms with Crippen molar-refractivity contribution in [3.8, 4) is 0 Å². The van der Waals surface area contributed by atoms with Crippen LogP contribution in [0, 0.1) is 0 Å². The van der Waals surface area contributed by atoms with Crippen LogP contribution in [0.1, 0.15) is 43.7 Å². The van der Waals surface area contributed by atoms with Crippen LogP contribution in [-0.4, -0.2) is 43.5 Å². The van der Waals surface area contributed by atoms with Gasteiger partial charge in [0.05, 0.1) is 6.04 Å². The second kappa shape index (κ2) is 12.0. The van der Waals surface area contributed by atoms with Crippen LogP contribution in [0.15, 0.2) is 72.8 Å². The van der Waals surface area contributed by atoms with E-state index in [1.54, 1.807) is 6.08 Å². The van der Waals surface area contributed by atoms with Gasteiger partial charge in [0.2, 0.25) is 11.8 Å². The first-order valence-electron chi connectivity index (χ1n) is 12.8. The first-order valence-corrected chi connectivity index (χ1v) is 12.8. The van der Waals surface area contributed by atoms with Crippen LogP contribution in [0.5, 0.6) is 0 Å². The Labute approximate surface area is 213 Å². The molecule has 2 atom stereocenters. The van der Waals surface area contributed by atoms with E-state index in [2.05, 4.69) is 60.9 Å². The van der Waals surface area contributed by atoms with Crippen LogP contribution in [0.2, 0.25) is 0 Å². The average Bonchev–Trinajstić information content (AvgIpc) is 3.05. The Hall–Kier alpha value is -3.48. The van der Waals surface area contributed by atoms with Crippen LogP contribution in [0.3, 0.4) is 0 Å². The zero-order valence-electron chi connectivity index (χ0n) is 21.1. The van der Waals surface area contributed by atoms with E-state index in [9.17, 15) is 9.59 Å². The molecule has 2 amide bonds. The largest absolute Gasteiger partial charge is 0.351 e. The van der Waals surface area contributed by atoms with Gasteiger partial charge in [0.25, 0.3) is 0 Å². The molecule has 36 heavy (non-hydrogen) atoms. The van der Waals surface area contributed by atoms with Gasteiger partial charge >= 0.3 is 0 Å². The number of carbonyl (C=O) groups is 2. The summed E-state index contributed by atoms with van der Waals surface area (Å²) >= 11 is 0. The van der Waals surface area contributed by atoms with Gasteiger partial charge in [0.1, 0.15) is 0 Å². The van der Waals surface area contributed by atoms with Crippen molar-refractivity contribution in [3.63, 3.8) is 0 Å². The Bertz CT molecular complexity index is 1220. The van der Waals surface area contributed by atoms with E-state index < -0.39 is 0 Å². The first kappa shape index (κ1) is 25.6. The Morgan fingerprint density at radius 3 is 2.58 bits per heavy atom. The standard InChI is InChI=1S/C30H36N4O2/c1-21(2)23-10-7-22(8-11-23)9-14-29(35)32-20-26-16-18-34(30(36)28(33-26)15-17-31)27-13-12-24-5-3-4-6-25(24)19-27/h3-14,19,21,26,28,33H,15-18,20,31H2,1-2H3,(H,32,35)/b14-9+/t26-,28-/m1/s1.